The highest BCUT2D eigenvalue weighted by atomic mass is 127. The molecule has 0 aliphatic carbocycles. The van der Waals surface area contributed by atoms with Crippen LogP contribution in [0.15, 0.2) is 18.2 Å². The van der Waals surface area contributed by atoms with Crippen LogP contribution in [-0.4, -0.2) is 0 Å². The molecule has 1 aromatic rings. The van der Waals surface area contributed by atoms with Gasteiger partial charge in [-0.15, -0.1) is 12.4 Å². The minimum atomic E-state index is 0. The SMILES string of the molecule is Cl.NNc1ccc(Cl)cc1I. The molecular formula is C6H7Cl2IN2. The molecule has 0 aromatic heterocycles. The Labute approximate surface area is 90.0 Å². The van der Waals surface area contributed by atoms with Crippen LogP contribution >= 0.6 is 46.6 Å². The smallest absolute Gasteiger partial charge is 0.0619 e. The van der Waals surface area contributed by atoms with Crippen LogP contribution in [0, 0.1) is 3.57 Å². The third kappa shape index (κ3) is 3.02. The summed E-state index contributed by atoms with van der Waals surface area (Å²) in [6.45, 7) is 0. The number of nitrogens with one attached hydrogen (secondary N) is 1. The van der Waals surface area contributed by atoms with Gasteiger partial charge in [0.05, 0.1) is 5.69 Å². The Morgan fingerprint density at radius 1 is 1.45 bits per heavy atom. The fraction of sp³-hybridized carbons (Fsp3) is 0. The van der Waals surface area contributed by atoms with Crippen LogP contribution in [0.1, 0.15) is 0 Å². The van der Waals surface area contributed by atoms with E-state index in [0.29, 0.717) is 0 Å². The molecule has 2 nitrogen and oxygen atoms in total. The number of nitrogens with two attached hydrogens (primary N) is 1. The fourth-order valence-electron chi connectivity index (χ4n) is 0.607. The lowest BCUT2D eigenvalue weighted by atomic mass is 10.3. The van der Waals surface area contributed by atoms with Crippen molar-refractivity contribution in [3.8, 4) is 0 Å². The summed E-state index contributed by atoms with van der Waals surface area (Å²) in [5, 5.41) is 0.725. The van der Waals surface area contributed by atoms with Crippen molar-refractivity contribution in [1.29, 1.82) is 0 Å². The third-order valence-electron chi connectivity index (χ3n) is 1.09. The maximum atomic E-state index is 5.70. The van der Waals surface area contributed by atoms with Gasteiger partial charge in [-0.05, 0) is 40.8 Å². The Morgan fingerprint density at radius 3 is 2.55 bits per heavy atom. The summed E-state index contributed by atoms with van der Waals surface area (Å²) in [4.78, 5) is 0. The first kappa shape index (κ1) is 11.3. The summed E-state index contributed by atoms with van der Waals surface area (Å²) >= 11 is 7.86. The van der Waals surface area contributed by atoms with Crippen molar-refractivity contribution < 1.29 is 0 Å². The number of halogens is 3. The number of anilines is 1. The average molecular weight is 305 g/mol. The summed E-state index contributed by atoms with van der Waals surface area (Å²) in [5.74, 6) is 5.20. The Bertz CT molecular complexity index is 242. The minimum Gasteiger partial charge on any atom is -0.323 e. The first-order valence-corrected chi connectivity index (χ1v) is 4.11. The standard InChI is InChI=1S/C6H6ClIN2.ClH/c7-4-1-2-6(10-9)5(8)3-4;/h1-3,10H,9H2;1H. The lowest BCUT2D eigenvalue weighted by molar-refractivity contribution is 1.34. The summed E-state index contributed by atoms with van der Waals surface area (Å²) < 4.78 is 1.02. The molecule has 0 spiro atoms. The molecule has 0 atom stereocenters. The molecule has 0 heterocycles. The predicted octanol–water partition coefficient (Wildman–Crippen LogP) is 2.65. The van der Waals surface area contributed by atoms with Gasteiger partial charge in [-0.3, -0.25) is 5.84 Å². The summed E-state index contributed by atoms with van der Waals surface area (Å²) in [7, 11) is 0. The Morgan fingerprint density at radius 2 is 2.09 bits per heavy atom. The molecule has 11 heavy (non-hydrogen) atoms. The zero-order valence-corrected chi connectivity index (χ0v) is 9.20. The van der Waals surface area contributed by atoms with Crippen molar-refractivity contribution in [3.63, 3.8) is 0 Å². The monoisotopic (exact) mass is 304 g/mol. The molecule has 1 rings (SSSR count). The minimum absolute atomic E-state index is 0. The van der Waals surface area contributed by atoms with Gasteiger partial charge in [0.2, 0.25) is 0 Å². The van der Waals surface area contributed by atoms with Crippen LogP contribution in [0.3, 0.4) is 0 Å². The predicted molar refractivity (Wildman–Crippen MR) is 59.2 cm³/mol. The van der Waals surface area contributed by atoms with E-state index >= 15 is 0 Å². The fourth-order valence-corrected chi connectivity index (χ4v) is 1.63. The molecule has 0 saturated heterocycles. The van der Waals surface area contributed by atoms with Crippen molar-refractivity contribution in [2.75, 3.05) is 5.43 Å². The van der Waals surface area contributed by atoms with E-state index in [2.05, 4.69) is 28.0 Å². The maximum Gasteiger partial charge on any atom is 0.0619 e. The van der Waals surface area contributed by atoms with E-state index in [-0.39, 0.29) is 12.4 Å². The largest absolute Gasteiger partial charge is 0.323 e. The van der Waals surface area contributed by atoms with Crippen molar-refractivity contribution in [3.05, 3.63) is 26.8 Å². The molecular weight excluding hydrogens is 298 g/mol. The molecule has 0 amide bonds. The van der Waals surface area contributed by atoms with Crippen LogP contribution in [-0.2, 0) is 0 Å². The Hall–Kier alpha value is 0.290. The molecule has 5 heteroatoms. The Balaban J connectivity index is 0.000001000. The van der Waals surface area contributed by atoms with E-state index in [1.165, 1.54) is 0 Å². The van der Waals surface area contributed by atoms with Crippen LogP contribution in [0.2, 0.25) is 5.02 Å². The lowest BCUT2D eigenvalue weighted by Gasteiger charge is -2.01. The number of hydrazine groups is 1. The zero-order chi connectivity index (χ0) is 7.56. The van der Waals surface area contributed by atoms with E-state index in [1.807, 2.05) is 12.1 Å². The van der Waals surface area contributed by atoms with Gasteiger partial charge in [0, 0.05) is 8.59 Å². The maximum absolute atomic E-state index is 5.70. The first-order chi connectivity index (χ1) is 4.74. The van der Waals surface area contributed by atoms with Gasteiger partial charge in [0.1, 0.15) is 0 Å². The highest BCUT2D eigenvalue weighted by Gasteiger charge is 1.96. The third-order valence-corrected chi connectivity index (χ3v) is 2.21. The van der Waals surface area contributed by atoms with Gasteiger partial charge in [-0.1, -0.05) is 11.6 Å². The van der Waals surface area contributed by atoms with Gasteiger partial charge in [-0.2, -0.15) is 0 Å². The molecule has 3 N–H and O–H groups in total. The summed E-state index contributed by atoms with van der Waals surface area (Å²) in [5.41, 5.74) is 3.45. The van der Waals surface area contributed by atoms with E-state index in [9.17, 15) is 0 Å². The van der Waals surface area contributed by atoms with E-state index in [1.54, 1.807) is 6.07 Å². The highest BCUT2D eigenvalue weighted by molar-refractivity contribution is 14.1. The first-order valence-electron chi connectivity index (χ1n) is 2.65. The lowest BCUT2D eigenvalue weighted by Crippen LogP contribution is -2.07. The number of nitrogen functional groups attached to an aromatic ring is 1. The van der Waals surface area contributed by atoms with Crippen molar-refractivity contribution >= 4 is 52.3 Å². The Kier molecular flexibility index (Phi) is 5.16. The molecule has 0 fully saturated rings. The molecule has 0 saturated carbocycles. The van der Waals surface area contributed by atoms with Gasteiger partial charge in [0.15, 0.2) is 0 Å². The second-order valence-corrected chi connectivity index (χ2v) is 3.37. The van der Waals surface area contributed by atoms with Gasteiger partial charge < -0.3 is 5.43 Å². The van der Waals surface area contributed by atoms with Gasteiger partial charge >= 0.3 is 0 Å². The molecule has 0 bridgehead atoms. The van der Waals surface area contributed by atoms with E-state index in [4.69, 9.17) is 17.4 Å². The number of hydrogen-bond acceptors (Lipinski definition) is 2. The number of benzene rings is 1. The van der Waals surface area contributed by atoms with Crippen LogP contribution in [0.25, 0.3) is 0 Å². The molecule has 1 aromatic carbocycles. The number of rotatable bonds is 1. The average Bonchev–Trinajstić information content (AvgIpc) is 1.88. The normalized spacial score (nSPS) is 8.64. The summed E-state index contributed by atoms with van der Waals surface area (Å²) in [6, 6.07) is 5.47. The highest BCUT2D eigenvalue weighted by Crippen LogP contribution is 2.20. The van der Waals surface area contributed by atoms with Crippen molar-refractivity contribution in [1.82, 2.24) is 0 Å². The van der Waals surface area contributed by atoms with Gasteiger partial charge in [0.25, 0.3) is 0 Å². The molecule has 62 valence electrons. The second kappa shape index (κ2) is 5.03. The van der Waals surface area contributed by atoms with E-state index < -0.39 is 0 Å². The van der Waals surface area contributed by atoms with Crippen molar-refractivity contribution in [2.24, 2.45) is 5.84 Å². The van der Waals surface area contributed by atoms with Gasteiger partial charge in [-0.25, -0.2) is 0 Å². The topological polar surface area (TPSA) is 38.0 Å². The summed E-state index contributed by atoms with van der Waals surface area (Å²) in [6.07, 6.45) is 0. The molecule has 0 radical (unpaired) electrons. The van der Waals surface area contributed by atoms with Crippen LogP contribution in [0.4, 0.5) is 5.69 Å². The van der Waals surface area contributed by atoms with Crippen LogP contribution in [0.5, 0.6) is 0 Å². The quantitative estimate of drug-likeness (QED) is 0.475. The van der Waals surface area contributed by atoms with E-state index in [0.717, 1.165) is 14.3 Å². The molecule has 0 aliphatic rings. The number of hydrogen-bond donors (Lipinski definition) is 2. The molecule has 0 aliphatic heterocycles. The zero-order valence-electron chi connectivity index (χ0n) is 5.47. The second-order valence-electron chi connectivity index (χ2n) is 1.77. The van der Waals surface area contributed by atoms with Crippen LogP contribution < -0.4 is 11.3 Å². The van der Waals surface area contributed by atoms with Crippen molar-refractivity contribution in [2.45, 2.75) is 0 Å². The molecule has 0 unspecified atom stereocenters.